The van der Waals surface area contributed by atoms with Gasteiger partial charge in [0.2, 0.25) is 0 Å². The number of nitrogens with zero attached hydrogens (tertiary/aromatic N) is 3. The lowest BCUT2D eigenvalue weighted by Gasteiger charge is -2.32. The number of pyridine rings is 1. The second-order valence-corrected chi connectivity index (χ2v) is 4.81. The van der Waals surface area contributed by atoms with Gasteiger partial charge in [0.05, 0.1) is 26.4 Å². The van der Waals surface area contributed by atoms with E-state index < -0.39 is 0 Å². The van der Waals surface area contributed by atoms with Crippen LogP contribution in [0.2, 0.25) is 0 Å². The maximum atomic E-state index is 5.95. The second kappa shape index (κ2) is 5.63. The molecule has 0 saturated carbocycles. The molecular formula is C13H20N4O2. The summed E-state index contributed by atoms with van der Waals surface area (Å²) in [6.07, 6.45) is 0. The van der Waals surface area contributed by atoms with Gasteiger partial charge in [-0.3, -0.25) is 0 Å². The molecule has 0 aliphatic carbocycles. The molecule has 0 radical (unpaired) electrons. The molecule has 2 fully saturated rings. The Labute approximate surface area is 113 Å². The average molecular weight is 264 g/mol. The number of nitrogens with two attached hydrogens (primary N) is 1. The maximum absolute atomic E-state index is 5.95. The predicted molar refractivity (Wildman–Crippen MR) is 74.7 cm³/mol. The van der Waals surface area contributed by atoms with E-state index in [9.17, 15) is 0 Å². The first-order valence-electron chi connectivity index (χ1n) is 6.76. The zero-order valence-corrected chi connectivity index (χ0v) is 11.0. The normalized spacial score (nSPS) is 20.6. The number of hydrogen-bond acceptors (Lipinski definition) is 6. The molecule has 3 rings (SSSR count). The molecule has 104 valence electrons. The maximum Gasteiger partial charge on any atom is 0.133 e. The van der Waals surface area contributed by atoms with Crippen molar-refractivity contribution in [2.24, 2.45) is 0 Å². The third-order valence-electron chi connectivity index (χ3n) is 3.53. The molecule has 6 nitrogen and oxygen atoms in total. The van der Waals surface area contributed by atoms with Crippen molar-refractivity contribution >= 4 is 17.3 Å². The molecule has 1 aromatic heterocycles. The third kappa shape index (κ3) is 2.90. The van der Waals surface area contributed by atoms with E-state index in [4.69, 9.17) is 15.2 Å². The van der Waals surface area contributed by atoms with Crippen molar-refractivity contribution in [1.82, 2.24) is 4.98 Å². The van der Waals surface area contributed by atoms with Crippen LogP contribution in [0.3, 0.4) is 0 Å². The van der Waals surface area contributed by atoms with Crippen molar-refractivity contribution in [3.8, 4) is 0 Å². The molecule has 0 atom stereocenters. The van der Waals surface area contributed by atoms with Crippen molar-refractivity contribution in [2.75, 3.05) is 68.1 Å². The Kier molecular flexibility index (Phi) is 3.70. The highest BCUT2D eigenvalue weighted by Crippen LogP contribution is 2.24. The zero-order valence-electron chi connectivity index (χ0n) is 11.0. The van der Waals surface area contributed by atoms with E-state index in [1.807, 2.05) is 6.07 Å². The Balaban J connectivity index is 1.82. The van der Waals surface area contributed by atoms with E-state index in [-0.39, 0.29) is 0 Å². The number of ether oxygens (including phenoxy) is 2. The Morgan fingerprint density at radius 1 is 0.895 bits per heavy atom. The number of anilines is 3. The highest BCUT2D eigenvalue weighted by Gasteiger charge is 2.17. The quantitative estimate of drug-likeness (QED) is 0.831. The largest absolute Gasteiger partial charge is 0.384 e. The van der Waals surface area contributed by atoms with Crippen molar-refractivity contribution in [1.29, 1.82) is 0 Å². The van der Waals surface area contributed by atoms with Gasteiger partial charge in [0.15, 0.2) is 0 Å². The van der Waals surface area contributed by atoms with Crippen LogP contribution in [0.25, 0.3) is 0 Å². The highest BCUT2D eigenvalue weighted by molar-refractivity contribution is 5.61. The predicted octanol–water partition coefficient (Wildman–Crippen LogP) is 0.337. The number of rotatable bonds is 2. The monoisotopic (exact) mass is 264 g/mol. The summed E-state index contributed by atoms with van der Waals surface area (Å²) in [4.78, 5) is 8.97. The topological polar surface area (TPSA) is 63.8 Å². The molecule has 2 aliphatic heterocycles. The minimum atomic E-state index is 0.575. The van der Waals surface area contributed by atoms with E-state index in [1.165, 1.54) is 0 Å². The standard InChI is InChI=1S/C13H20N4O2/c14-12-9-11(16-1-5-18-6-2-16)10-13(15-12)17-3-7-19-8-4-17/h9-10H,1-8H2,(H2,14,15). The molecule has 0 amide bonds. The molecule has 2 saturated heterocycles. The van der Waals surface area contributed by atoms with E-state index in [1.54, 1.807) is 0 Å². The third-order valence-corrected chi connectivity index (χ3v) is 3.53. The van der Waals surface area contributed by atoms with Gasteiger partial charge in [-0.2, -0.15) is 0 Å². The summed E-state index contributed by atoms with van der Waals surface area (Å²) in [5, 5.41) is 0. The summed E-state index contributed by atoms with van der Waals surface area (Å²) in [6.45, 7) is 6.62. The number of hydrogen-bond donors (Lipinski definition) is 1. The van der Waals surface area contributed by atoms with E-state index in [0.29, 0.717) is 5.82 Å². The summed E-state index contributed by atoms with van der Waals surface area (Å²) in [5.41, 5.74) is 7.08. The number of morpholine rings is 2. The summed E-state index contributed by atoms with van der Waals surface area (Å²) >= 11 is 0. The van der Waals surface area contributed by atoms with Gasteiger partial charge in [0.25, 0.3) is 0 Å². The van der Waals surface area contributed by atoms with Gasteiger partial charge >= 0.3 is 0 Å². The molecule has 0 bridgehead atoms. The highest BCUT2D eigenvalue weighted by atomic mass is 16.5. The van der Waals surface area contributed by atoms with Gasteiger partial charge in [-0.1, -0.05) is 0 Å². The lowest BCUT2D eigenvalue weighted by atomic mass is 10.2. The van der Waals surface area contributed by atoms with Crippen molar-refractivity contribution < 1.29 is 9.47 Å². The van der Waals surface area contributed by atoms with Gasteiger partial charge in [0.1, 0.15) is 11.6 Å². The van der Waals surface area contributed by atoms with Crippen LogP contribution in [0.4, 0.5) is 17.3 Å². The van der Waals surface area contributed by atoms with E-state index in [2.05, 4.69) is 20.9 Å². The summed E-state index contributed by atoms with van der Waals surface area (Å²) in [6, 6.07) is 4.06. The van der Waals surface area contributed by atoms with Crippen LogP contribution in [0.5, 0.6) is 0 Å². The second-order valence-electron chi connectivity index (χ2n) is 4.81. The number of nitrogen functional groups attached to an aromatic ring is 1. The van der Waals surface area contributed by atoms with Crippen molar-refractivity contribution in [3.05, 3.63) is 12.1 Å². The molecule has 0 unspecified atom stereocenters. The SMILES string of the molecule is Nc1cc(N2CCOCC2)cc(N2CCOCC2)n1. The molecule has 19 heavy (non-hydrogen) atoms. The molecule has 2 N–H and O–H groups in total. The van der Waals surface area contributed by atoms with Gasteiger partial charge in [-0.05, 0) is 0 Å². The lowest BCUT2D eigenvalue weighted by molar-refractivity contribution is 0.122. The van der Waals surface area contributed by atoms with Crippen LogP contribution < -0.4 is 15.5 Å². The fourth-order valence-corrected chi connectivity index (χ4v) is 2.48. The van der Waals surface area contributed by atoms with Crippen LogP contribution in [-0.4, -0.2) is 57.6 Å². The molecule has 0 aromatic carbocycles. The first-order chi connectivity index (χ1) is 9.33. The van der Waals surface area contributed by atoms with Crippen LogP contribution in [0.1, 0.15) is 0 Å². The molecule has 1 aromatic rings. The van der Waals surface area contributed by atoms with E-state index in [0.717, 1.165) is 64.1 Å². The first kappa shape index (κ1) is 12.5. The lowest BCUT2D eigenvalue weighted by Crippen LogP contribution is -2.38. The summed E-state index contributed by atoms with van der Waals surface area (Å²) in [5.74, 6) is 1.52. The number of aromatic nitrogens is 1. The van der Waals surface area contributed by atoms with Gasteiger partial charge in [-0.25, -0.2) is 4.98 Å². The van der Waals surface area contributed by atoms with Crippen molar-refractivity contribution in [3.63, 3.8) is 0 Å². The van der Waals surface area contributed by atoms with Gasteiger partial charge in [-0.15, -0.1) is 0 Å². The Morgan fingerprint density at radius 3 is 2.11 bits per heavy atom. The van der Waals surface area contributed by atoms with E-state index >= 15 is 0 Å². The smallest absolute Gasteiger partial charge is 0.133 e. The molecule has 2 aliphatic rings. The van der Waals surface area contributed by atoms with Crippen LogP contribution in [0, 0.1) is 0 Å². The minimum Gasteiger partial charge on any atom is -0.384 e. The Hall–Kier alpha value is -1.53. The fourth-order valence-electron chi connectivity index (χ4n) is 2.48. The van der Waals surface area contributed by atoms with Crippen LogP contribution in [0.15, 0.2) is 12.1 Å². The first-order valence-corrected chi connectivity index (χ1v) is 6.76. The molecule has 6 heteroatoms. The Bertz CT molecular complexity index is 392. The van der Waals surface area contributed by atoms with Gasteiger partial charge < -0.3 is 25.0 Å². The summed E-state index contributed by atoms with van der Waals surface area (Å²) < 4.78 is 10.8. The molecule has 0 spiro atoms. The van der Waals surface area contributed by atoms with Crippen LogP contribution >= 0.6 is 0 Å². The Morgan fingerprint density at radius 2 is 1.47 bits per heavy atom. The van der Waals surface area contributed by atoms with Crippen LogP contribution in [-0.2, 0) is 9.47 Å². The molecule has 3 heterocycles. The minimum absolute atomic E-state index is 0.575. The zero-order chi connectivity index (χ0) is 13.1. The average Bonchev–Trinajstić information content (AvgIpc) is 2.48. The molecular weight excluding hydrogens is 244 g/mol. The van der Waals surface area contributed by atoms with Gasteiger partial charge in [0, 0.05) is 44.0 Å². The van der Waals surface area contributed by atoms with Crippen molar-refractivity contribution in [2.45, 2.75) is 0 Å². The fraction of sp³-hybridized carbons (Fsp3) is 0.615. The summed E-state index contributed by atoms with van der Waals surface area (Å²) in [7, 11) is 0.